The lowest BCUT2D eigenvalue weighted by molar-refractivity contribution is 0.0987. The molecular formula is C19H21BrClN3O3S2. The normalized spacial score (nSPS) is 12.4. The average Bonchev–Trinajstić information content (AvgIpc) is 3.41. The maximum Gasteiger partial charge on any atom is 0.270 e. The van der Waals surface area contributed by atoms with Gasteiger partial charge in [-0.3, -0.25) is 9.69 Å². The van der Waals surface area contributed by atoms with Gasteiger partial charge in [-0.25, -0.2) is 4.98 Å². The summed E-state index contributed by atoms with van der Waals surface area (Å²) in [5.74, 6) is 1.40. The number of carbonyl (C=O) groups is 1. The zero-order valence-electron chi connectivity index (χ0n) is 16.0. The molecule has 29 heavy (non-hydrogen) atoms. The van der Waals surface area contributed by atoms with Crippen molar-refractivity contribution in [2.45, 2.75) is 13.8 Å². The fraction of sp³-hybridized carbons (Fsp3) is 0.368. The molecule has 3 heterocycles. The van der Waals surface area contributed by atoms with Crippen molar-refractivity contribution in [3.8, 4) is 11.5 Å². The molecule has 0 spiro atoms. The van der Waals surface area contributed by atoms with Crippen LogP contribution in [0.3, 0.4) is 0 Å². The molecule has 1 aliphatic rings. The van der Waals surface area contributed by atoms with Crippen molar-refractivity contribution in [2.24, 2.45) is 0 Å². The van der Waals surface area contributed by atoms with E-state index in [4.69, 9.17) is 14.5 Å². The lowest BCUT2D eigenvalue weighted by Gasteiger charge is -2.24. The number of nitrogens with zero attached hydrogens (tertiary/aromatic N) is 3. The summed E-state index contributed by atoms with van der Waals surface area (Å²) in [7, 11) is 0. The van der Waals surface area contributed by atoms with E-state index in [1.807, 2.05) is 24.3 Å². The lowest BCUT2D eigenvalue weighted by Crippen LogP contribution is -2.38. The number of benzene rings is 1. The maximum atomic E-state index is 13.2. The standard InChI is InChI=1S/C19H20BrN3O3S2.ClH/c1-3-22(4-2)7-8-23(18(24)15-5-6-17(20)27-15)19-21-12-9-13-14(26-11-25-13)10-16(12)28-19;/h5-6,9-10H,3-4,7-8,11H2,1-2H3;1H. The highest BCUT2D eigenvalue weighted by atomic mass is 79.9. The number of hydrogen-bond acceptors (Lipinski definition) is 7. The summed E-state index contributed by atoms with van der Waals surface area (Å²) in [6.07, 6.45) is 0. The predicted octanol–water partition coefficient (Wildman–Crippen LogP) is 5.26. The molecule has 0 atom stereocenters. The van der Waals surface area contributed by atoms with Gasteiger partial charge in [0.25, 0.3) is 5.91 Å². The fourth-order valence-corrected chi connectivity index (χ4v) is 5.38. The minimum atomic E-state index is -0.0260. The number of ether oxygens (including phenoxy) is 2. The number of halogens is 2. The molecule has 156 valence electrons. The number of anilines is 1. The Bertz CT molecular complexity index is 965. The Kier molecular flexibility index (Phi) is 7.39. The second-order valence-electron chi connectivity index (χ2n) is 6.26. The third-order valence-corrected chi connectivity index (χ3v) is 7.32. The number of hydrogen-bond donors (Lipinski definition) is 0. The van der Waals surface area contributed by atoms with E-state index in [-0.39, 0.29) is 25.1 Å². The third-order valence-electron chi connectivity index (χ3n) is 4.67. The Labute approximate surface area is 192 Å². The first-order valence-corrected chi connectivity index (χ1v) is 11.5. The largest absolute Gasteiger partial charge is 0.454 e. The van der Waals surface area contributed by atoms with Gasteiger partial charge in [0.2, 0.25) is 6.79 Å². The van der Waals surface area contributed by atoms with Crippen LogP contribution in [0, 0.1) is 0 Å². The number of amides is 1. The number of thiophene rings is 1. The van der Waals surface area contributed by atoms with Crippen LogP contribution in [-0.2, 0) is 0 Å². The topological polar surface area (TPSA) is 54.9 Å². The first-order chi connectivity index (χ1) is 13.6. The summed E-state index contributed by atoms with van der Waals surface area (Å²) in [5, 5.41) is 0.695. The number of likely N-dealkylation sites (N-methyl/N-ethyl adjacent to an activating group) is 1. The van der Waals surface area contributed by atoms with Crippen molar-refractivity contribution in [2.75, 3.05) is 37.9 Å². The molecule has 2 aromatic heterocycles. The first-order valence-electron chi connectivity index (χ1n) is 9.08. The SMILES string of the molecule is CCN(CC)CCN(C(=O)c1ccc(Br)s1)c1nc2cc3c(cc2s1)OCO3.Cl. The summed E-state index contributed by atoms with van der Waals surface area (Å²) in [6.45, 7) is 7.78. The number of rotatable bonds is 7. The summed E-state index contributed by atoms with van der Waals surface area (Å²) in [4.78, 5) is 22.8. The lowest BCUT2D eigenvalue weighted by atomic mass is 10.3. The molecule has 0 saturated heterocycles. The highest BCUT2D eigenvalue weighted by molar-refractivity contribution is 9.11. The van der Waals surface area contributed by atoms with Gasteiger partial charge in [0.1, 0.15) is 0 Å². The molecule has 0 unspecified atom stereocenters. The van der Waals surface area contributed by atoms with Gasteiger partial charge < -0.3 is 14.4 Å². The van der Waals surface area contributed by atoms with Crippen LogP contribution >= 0.6 is 51.0 Å². The van der Waals surface area contributed by atoms with Gasteiger partial charge in [0, 0.05) is 25.2 Å². The molecule has 1 amide bonds. The number of aromatic nitrogens is 1. The van der Waals surface area contributed by atoms with Crippen LogP contribution in [0.15, 0.2) is 28.1 Å². The quantitative estimate of drug-likeness (QED) is 0.427. The zero-order valence-corrected chi connectivity index (χ0v) is 20.0. The smallest absolute Gasteiger partial charge is 0.270 e. The van der Waals surface area contributed by atoms with Crippen LogP contribution in [0.25, 0.3) is 10.2 Å². The van der Waals surface area contributed by atoms with Crippen LogP contribution in [0.2, 0.25) is 0 Å². The van der Waals surface area contributed by atoms with Crippen LogP contribution < -0.4 is 14.4 Å². The van der Waals surface area contributed by atoms with Gasteiger partial charge in [-0.05, 0) is 41.2 Å². The third kappa shape index (κ3) is 4.69. The van der Waals surface area contributed by atoms with Gasteiger partial charge in [0.05, 0.1) is 18.9 Å². The Morgan fingerprint density at radius 1 is 1.14 bits per heavy atom. The van der Waals surface area contributed by atoms with E-state index in [2.05, 4.69) is 34.7 Å². The second kappa shape index (κ2) is 9.61. The Morgan fingerprint density at radius 3 is 2.52 bits per heavy atom. The summed E-state index contributed by atoms with van der Waals surface area (Å²) in [6, 6.07) is 7.57. The highest BCUT2D eigenvalue weighted by Crippen LogP contribution is 2.40. The molecule has 6 nitrogen and oxygen atoms in total. The fourth-order valence-electron chi connectivity index (χ4n) is 3.05. The number of fused-ring (bicyclic) bond motifs is 2. The number of thiazole rings is 1. The molecule has 0 saturated carbocycles. The molecule has 10 heteroatoms. The predicted molar refractivity (Wildman–Crippen MR) is 124 cm³/mol. The Morgan fingerprint density at radius 2 is 1.86 bits per heavy atom. The molecule has 0 bridgehead atoms. The van der Waals surface area contributed by atoms with Gasteiger partial charge in [-0.2, -0.15) is 0 Å². The molecule has 4 rings (SSSR count). The minimum absolute atomic E-state index is 0. The summed E-state index contributed by atoms with van der Waals surface area (Å²) < 4.78 is 12.8. The Balaban J connectivity index is 0.00000240. The molecule has 0 N–H and O–H groups in total. The van der Waals surface area contributed by atoms with E-state index in [0.717, 1.165) is 39.4 Å². The highest BCUT2D eigenvalue weighted by Gasteiger charge is 2.24. The maximum absolute atomic E-state index is 13.2. The molecule has 0 fully saturated rings. The van der Waals surface area contributed by atoms with E-state index in [9.17, 15) is 4.79 Å². The van der Waals surface area contributed by atoms with Crippen LogP contribution in [0.4, 0.5) is 5.13 Å². The van der Waals surface area contributed by atoms with Crippen LogP contribution in [0.5, 0.6) is 11.5 Å². The average molecular weight is 519 g/mol. The van der Waals surface area contributed by atoms with Gasteiger partial charge >= 0.3 is 0 Å². The van der Waals surface area contributed by atoms with Crippen molar-refractivity contribution < 1.29 is 14.3 Å². The minimum Gasteiger partial charge on any atom is -0.454 e. The van der Waals surface area contributed by atoms with E-state index in [0.29, 0.717) is 22.3 Å². The summed E-state index contributed by atoms with van der Waals surface area (Å²) in [5.41, 5.74) is 0.817. The number of carbonyl (C=O) groups excluding carboxylic acids is 1. The van der Waals surface area contributed by atoms with E-state index in [1.54, 1.807) is 4.90 Å². The zero-order chi connectivity index (χ0) is 19.7. The molecular weight excluding hydrogens is 498 g/mol. The molecule has 0 radical (unpaired) electrons. The van der Waals surface area contributed by atoms with Gasteiger partial charge in [0.15, 0.2) is 16.6 Å². The van der Waals surface area contributed by atoms with E-state index >= 15 is 0 Å². The summed E-state index contributed by atoms with van der Waals surface area (Å²) >= 11 is 6.39. The van der Waals surface area contributed by atoms with Gasteiger partial charge in [-0.1, -0.05) is 25.2 Å². The molecule has 3 aromatic rings. The van der Waals surface area contributed by atoms with E-state index in [1.165, 1.54) is 22.7 Å². The molecule has 1 aromatic carbocycles. The van der Waals surface area contributed by atoms with E-state index < -0.39 is 0 Å². The molecule has 1 aliphatic heterocycles. The van der Waals surface area contributed by atoms with Crippen molar-refractivity contribution in [1.29, 1.82) is 0 Å². The van der Waals surface area contributed by atoms with Crippen molar-refractivity contribution in [3.63, 3.8) is 0 Å². The van der Waals surface area contributed by atoms with Crippen molar-refractivity contribution in [3.05, 3.63) is 32.9 Å². The monoisotopic (exact) mass is 517 g/mol. The second-order valence-corrected chi connectivity index (χ2v) is 9.73. The molecule has 0 aliphatic carbocycles. The van der Waals surface area contributed by atoms with Crippen molar-refractivity contribution in [1.82, 2.24) is 9.88 Å². The first kappa shape index (κ1) is 22.3. The Hall–Kier alpha value is -1.39. The van der Waals surface area contributed by atoms with Gasteiger partial charge in [-0.15, -0.1) is 23.7 Å². The van der Waals surface area contributed by atoms with Crippen LogP contribution in [-0.4, -0.2) is 48.8 Å². The van der Waals surface area contributed by atoms with Crippen LogP contribution in [0.1, 0.15) is 23.5 Å². The van der Waals surface area contributed by atoms with Crippen molar-refractivity contribution >= 4 is 72.3 Å².